The highest BCUT2D eigenvalue weighted by atomic mass is 35.5. The van der Waals surface area contributed by atoms with E-state index in [9.17, 15) is 4.79 Å². The number of amides is 1. The Morgan fingerprint density at radius 2 is 2.08 bits per heavy atom. The van der Waals surface area contributed by atoms with Gasteiger partial charge in [0.1, 0.15) is 0 Å². The fourth-order valence-electron chi connectivity index (χ4n) is 2.17. The summed E-state index contributed by atoms with van der Waals surface area (Å²) < 4.78 is 0.731. The molecule has 5 nitrogen and oxygen atoms in total. The number of hydrogen-bond donors (Lipinski definition) is 1. The second-order valence-electron chi connectivity index (χ2n) is 4.85. The third kappa shape index (κ3) is 3.52. The molecule has 4 rings (SSSR count). The number of rotatable bonds is 4. The van der Waals surface area contributed by atoms with Gasteiger partial charge in [0.15, 0.2) is 4.34 Å². The molecule has 0 fully saturated rings. The van der Waals surface area contributed by atoms with Crippen LogP contribution in [0, 0.1) is 0 Å². The minimum Gasteiger partial charge on any atom is -0.296 e. The molecule has 0 atom stereocenters. The van der Waals surface area contributed by atoms with Gasteiger partial charge in [-0.3, -0.25) is 15.1 Å². The number of thiophene rings is 1. The summed E-state index contributed by atoms with van der Waals surface area (Å²) >= 11 is 10.4. The first-order chi connectivity index (χ1) is 12.2. The van der Waals surface area contributed by atoms with Gasteiger partial charge >= 0.3 is 0 Å². The number of nitrogens with one attached hydrogen (secondary N) is 1. The molecule has 124 valence electrons. The zero-order chi connectivity index (χ0) is 17.2. The zero-order valence-corrected chi connectivity index (χ0v) is 15.7. The number of anilines is 1. The Bertz CT molecular complexity index is 1050. The van der Waals surface area contributed by atoms with Crippen LogP contribution >= 0.6 is 46.0 Å². The van der Waals surface area contributed by atoms with Crippen LogP contribution in [-0.4, -0.2) is 21.1 Å². The van der Waals surface area contributed by atoms with Gasteiger partial charge in [0.25, 0.3) is 5.91 Å². The van der Waals surface area contributed by atoms with Gasteiger partial charge in [-0.2, -0.15) is 0 Å². The van der Waals surface area contributed by atoms with Crippen LogP contribution in [-0.2, 0) is 0 Å². The van der Waals surface area contributed by atoms with Crippen LogP contribution in [0.4, 0.5) is 5.13 Å². The number of hydrogen-bond acceptors (Lipinski definition) is 7. The second kappa shape index (κ2) is 7.09. The largest absolute Gasteiger partial charge is 0.296 e. The molecule has 0 aliphatic carbocycles. The van der Waals surface area contributed by atoms with Crippen LogP contribution < -0.4 is 5.32 Å². The number of carbonyl (C=O) groups is 1. The fourth-order valence-corrected chi connectivity index (χ4v) is 4.83. The van der Waals surface area contributed by atoms with E-state index in [0.717, 1.165) is 20.1 Å². The third-order valence-corrected chi connectivity index (χ3v) is 6.39. The highest BCUT2D eigenvalue weighted by Crippen LogP contribution is 2.36. The summed E-state index contributed by atoms with van der Waals surface area (Å²) in [6.07, 6.45) is 1.72. The van der Waals surface area contributed by atoms with Crippen LogP contribution in [0.3, 0.4) is 0 Å². The van der Waals surface area contributed by atoms with Crippen molar-refractivity contribution >= 4 is 68.0 Å². The quantitative estimate of drug-likeness (QED) is 0.473. The minimum absolute atomic E-state index is 0.177. The van der Waals surface area contributed by atoms with Gasteiger partial charge < -0.3 is 0 Å². The van der Waals surface area contributed by atoms with Crippen LogP contribution in [0.15, 0.2) is 57.2 Å². The first kappa shape index (κ1) is 16.5. The summed E-state index contributed by atoms with van der Waals surface area (Å²) in [7, 11) is 0. The van der Waals surface area contributed by atoms with Crippen LogP contribution in [0.2, 0.25) is 5.02 Å². The number of pyridine rings is 1. The van der Waals surface area contributed by atoms with E-state index in [-0.39, 0.29) is 5.91 Å². The number of para-hydroxylation sites is 1. The Hall–Kier alpha value is -2.00. The summed E-state index contributed by atoms with van der Waals surface area (Å²) in [5, 5.41) is 14.8. The van der Waals surface area contributed by atoms with E-state index in [1.54, 1.807) is 12.3 Å². The first-order valence-electron chi connectivity index (χ1n) is 7.10. The smallest absolute Gasteiger partial charge is 0.267 e. The summed E-state index contributed by atoms with van der Waals surface area (Å²) in [6, 6.07) is 11.2. The van der Waals surface area contributed by atoms with Crippen molar-refractivity contribution in [2.45, 2.75) is 9.24 Å². The average Bonchev–Trinajstić information content (AvgIpc) is 3.28. The van der Waals surface area contributed by atoms with Crippen molar-refractivity contribution in [3.63, 3.8) is 0 Å². The highest BCUT2D eigenvalue weighted by molar-refractivity contribution is 8.01. The van der Waals surface area contributed by atoms with E-state index in [1.807, 2.05) is 35.7 Å². The fraction of sp³-hybridized carbons (Fsp3) is 0. The molecule has 1 N–H and O–H groups in total. The predicted octanol–water partition coefficient (Wildman–Crippen LogP) is 5.20. The summed E-state index contributed by atoms with van der Waals surface area (Å²) in [6.45, 7) is 0. The molecule has 3 heterocycles. The molecular formula is C16H9ClN4OS3. The zero-order valence-electron chi connectivity index (χ0n) is 12.5. The van der Waals surface area contributed by atoms with E-state index >= 15 is 0 Å². The van der Waals surface area contributed by atoms with Crippen LogP contribution in [0.25, 0.3) is 10.9 Å². The maximum Gasteiger partial charge on any atom is 0.267 e. The molecular weight excluding hydrogens is 396 g/mol. The molecule has 1 amide bonds. The normalized spacial score (nSPS) is 10.9. The Morgan fingerprint density at radius 3 is 2.92 bits per heavy atom. The van der Waals surface area contributed by atoms with Crippen molar-refractivity contribution in [2.24, 2.45) is 0 Å². The molecule has 4 aromatic rings. The Morgan fingerprint density at radius 1 is 1.16 bits per heavy atom. The molecule has 3 aromatic heterocycles. The van der Waals surface area contributed by atoms with Gasteiger partial charge in [-0.25, -0.2) is 0 Å². The summed E-state index contributed by atoms with van der Waals surface area (Å²) in [5.74, 6) is -0.177. The molecule has 0 aliphatic rings. The molecule has 1 aromatic carbocycles. The van der Waals surface area contributed by atoms with E-state index < -0.39 is 0 Å². The van der Waals surface area contributed by atoms with Crippen molar-refractivity contribution in [3.05, 3.63) is 57.9 Å². The topological polar surface area (TPSA) is 67.8 Å². The molecule has 0 aliphatic heterocycles. The van der Waals surface area contributed by atoms with Gasteiger partial charge in [-0.1, -0.05) is 52.9 Å². The monoisotopic (exact) mass is 404 g/mol. The van der Waals surface area contributed by atoms with Gasteiger partial charge in [0.2, 0.25) is 5.13 Å². The predicted molar refractivity (Wildman–Crippen MR) is 103 cm³/mol. The van der Waals surface area contributed by atoms with E-state index in [4.69, 9.17) is 11.6 Å². The SMILES string of the molecule is O=C(Nc1nnc(Sc2ccnc3c(Cl)cccc23)s1)c1cccs1. The summed E-state index contributed by atoms with van der Waals surface area (Å²) in [5.41, 5.74) is 0.755. The van der Waals surface area contributed by atoms with Gasteiger partial charge in [-0.05, 0) is 23.6 Å². The summed E-state index contributed by atoms with van der Waals surface area (Å²) in [4.78, 5) is 18.0. The van der Waals surface area contributed by atoms with Crippen molar-refractivity contribution in [1.29, 1.82) is 0 Å². The molecule has 25 heavy (non-hydrogen) atoms. The number of halogens is 1. The average molecular weight is 405 g/mol. The lowest BCUT2D eigenvalue weighted by Crippen LogP contribution is -2.09. The molecule has 0 unspecified atom stereocenters. The van der Waals surface area contributed by atoms with E-state index in [2.05, 4.69) is 20.5 Å². The number of nitrogens with zero attached hydrogens (tertiary/aromatic N) is 3. The molecule has 0 radical (unpaired) electrons. The Balaban J connectivity index is 1.56. The lowest BCUT2D eigenvalue weighted by molar-refractivity contribution is 0.103. The van der Waals surface area contributed by atoms with Crippen molar-refractivity contribution in [2.75, 3.05) is 5.32 Å². The number of aromatic nitrogens is 3. The van der Waals surface area contributed by atoms with E-state index in [1.165, 1.54) is 34.4 Å². The van der Waals surface area contributed by atoms with Gasteiger partial charge in [0.05, 0.1) is 15.4 Å². The standard InChI is InChI=1S/C16H9ClN4OS3/c17-10-4-1-3-9-11(6-7-18-13(9)10)24-16-21-20-15(25-16)19-14(22)12-5-2-8-23-12/h1-8H,(H,19,20,22). The van der Waals surface area contributed by atoms with Crippen molar-refractivity contribution < 1.29 is 4.79 Å². The molecule has 9 heteroatoms. The van der Waals surface area contributed by atoms with Crippen molar-refractivity contribution in [3.8, 4) is 0 Å². The Labute approximate surface area is 160 Å². The Kier molecular flexibility index (Phi) is 4.67. The first-order valence-corrected chi connectivity index (χ1v) is 9.99. The molecule has 0 spiro atoms. The van der Waals surface area contributed by atoms with Gasteiger partial charge in [-0.15, -0.1) is 21.5 Å². The maximum absolute atomic E-state index is 12.1. The second-order valence-corrected chi connectivity index (χ2v) is 8.47. The number of carbonyl (C=O) groups excluding carboxylic acids is 1. The maximum atomic E-state index is 12.1. The molecule has 0 saturated carbocycles. The lowest BCUT2D eigenvalue weighted by atomic mass is 10.2. The van der Waals surface area contributed by atoms with Crippen LogP contribution in [0.1, 0.15) is 9.67 Å². The van der Waals surface area contributed by atoms with E-state index in [0.29, 0.717) is 15.0 Å². The minimum atomic E-state index is -0.177. The molecule has 0 saturated heterocycles. The third-order valence-electron chi connectivity index (χ3n) is 3.25. The lowest BCUT2D eigenvalue weighted by Gasteiger charge is -2.04. The number of benzene rings is 1. The van der Waals surface area contributed by atoms with Crippen LogP contribution in [0.5, 0.6) is 0 Å². The van der Waals surface area contributed by atoms with Crippen molar-refractivity contribution in [1.82, 2.24) is 15.2 Å². The highest BCUT2D eigenvalue weighted by Gasteiger charge is 2.13. The molecule has 0 bridgehead atoms. The number of fused-ring (bicyclic) bond motifs is 1. The van der Waals surface area contributed by atoms with Gasteiger partial charge in [0, 0.05) is 16.5 Å².